The zero-order valence-electron chi connectivity index (χ0n) is 9.86. The Kier molecular flexibility index (Phi) is 4.47. The number of carbonyl (C=O) groups is 1. The summed E-state index contributed by atoms with van der Waals surface area (Å²) in [6, 6.07) is 7.62. The van der Waals surface area contributed by atoms with Crippen molar-refractivity contribution in [1.29, 1.82) is 0 Å². The van der Waals surface area contributed by atoms with Crippen molar-refractivity contribution in [2.45, 2.75) is 19.1 Å². The fourth-order valence-electron chi connectivity index (χ4n) is 1.34. The number of rotatable bonds is 3. The van der Waals surface area contributed by atoms with Crippen LogP contribution in [-0.2, 0) is 9.53 Å². The molecule has 0 aliphatic heterocycles. The Morgan fingerprint density at radius 3 is 2.28 bits per heavy atom. The Morgan fingerprint density at radius 1 is 1.28 bits per heavy atom. The molecule has 1 rings (SSSR count). The van der Waals surface area contributed by atoms with E-state index in [0.29, 0.717) is 5.56 Å². The number of benzene rings is 1. The predicted molar refractivity (Wildman–Crippen MR) is 60.4 cm³/mol. The van der Waals surface area contributed by atoms with Crippen molar-refractivity contribution in [3.8, 4) is 0 Å². The lowest BCUT2D eigenvalue weighted by Gasteiger charge is -2.12. The van der Waals surface area contributed by atoms with Gasteiger partial charge in [-0.05, 0) is 12.5 Å². The van der Waals surface area contributed by atoms with Gasteiger partial charge in [0, 0.05) is 0 Å². The SMILES string of the molecule is COC(=O)C(=N[C@@H](C)c1ccccc1)C(F)(F)F. The van der Waals surface area contributed by atoms with Crippen LogP contribution in [0.5, 0.6) is 0 Å². The molecule has 0 spiro atoms. The van der Waals surface area contributed by atoms with E-state index in [-0.39, 0.29) is 0 Å². The highest BCUT2D eigenvalue weighted by Gasteiger charge is 2.42. The molecular weight excluding hydrogens is 247 g/mol. The molecular formula is C12H12F3NO2. The third kappa shape index (κ3) is 3.58. The van der Waals surface area contributed by atoms with Crippen LogP contribution in [0.1, 0.15) is 18.5 Å². The lowest BCUT2D eigenvalue weighted by molar-refractivity contribution is -0.137. The predicted octanol–water partition coefficient (Wildman–Crippen LogP) is 2.92. The van der Waals surface area contributed by atoms with Gasteiger partial charge >= 0.3 is 12.1 Å². The number of hydrogen-bond acceptors (Lipinski definition) is 3. The molecule has 0 aliphatic carbocycles. The molecule has 0 amide bonds. The lowest BCUT2D eigenvalue weighted by atomic mass is 10.1. The summed E-state index contributed by atoms with van der Waals surface area (Å²) in [6.45, 7) is 1.48. The highest BCUT2D eigenvalue weighted by Crippen LogP contribution is 2.23. The van der Waals surface area contributed by atoms with Gasteiger partial charge in [0.15, 0.2) is 0 Å². The molecule has 0 saturated heterocycles. The van der Waals surface area contributed by atoms with E-state index in [1.54, 1.807) is 30.3 Å². The van der Waals surface area contributed by atoms with Crippen molar-refractivity contribution in [2.24, 2.45) is 4.99 Å². The van der Waals surface area contributed by atoms with E-state index in [2.05, 4.69) is 9.73 Å². The zero-order chi connectivity index (χ0) is 13.8. The molecule has 0 radical (unpaired) electrons. The van der Waals surface area contributed by atoms with Crippen LogP contribution in [-0.4, -0.2) is 25.0 Å². The van der Waals surface area contributed by atoms with Crippen LogP contribution in [0.3, 0.4) is 0 Å². The van der Waals surface area contributed by atoms with Crippen LogP contribution >= 0.6 is 0 Å². The maximum Gasteiger partial charge on any atom is 0.440 e. The molecule has 3 nitrogen and oxygen atoms in total. The number of esters is 1. The third-order valence-electron chi connectivity index (χ3n) is 2.25. The molecule has 0 N–H and O–H groups in total. The largest absolute Gasteiger partial charge is 0.464 e. The molecule has 0 aromatic heterocycles. The van der Waals surface area contributed by atoms with Crippen molar-refractivity contribution < 1.29 is 22.7 Å². The number of halogens is 3. The van der Waals surface area contributed by atoms with E-state index < -0.39 is 23.9 Å². The van der Waals surface area contributed by atoms with E-state index in [1.165, 1.54) is 6.92 Å². The number of methoxy groups -OCH3 is 1. The Hall–Kier alpha value is -1.85. The highest BCUT2D eigenvalue weighted by molar-refractivity contribution is 6.38. The van der Waals surface area contributed by atoms with Gasteiger partial charge < -0.3 is 4.74 Å². The van der Waals surface area contributed by atoms with E-state index in [1.807, 2.05) is 0 Å². The third-order valence-corrected chi connectivity index (χ3v) is 2.25. The van der Waals surface area contributed by atoms with Crippen molar-refractivity contribution in [3.63, 3.8) is 0 Å². The zero-order valence-corrected chi connectivity index (χ0v) is 9.86. The molecule has 98 valence electrons. The summed E-state index contributed by atoms with van der Waals surface area (Å²) in [5.41, 5.74) is -0.940. The number of carbonyl (C=O) groups excluding carboxylic acids is 1. The number of alkyl halides is 3. The molecule has 0 unspecified atom stereocenters. The molecule has 6 heteroatoms. The first-order chi connectivity index (χ1) is 8.36. The van der Waals surface area contributed by atoms with E-state index in [9.17, 15) is 18.0 Å². The minimum Gasteiger partial charge on any atom is -0.464 e. The quantitative estimate of drug-likeness (QED) is 0.618. The summed E-state index contributed by atoms with van der Waals surface area (Å²) in [5, 5.41) is 0. The number of nitrogens with zero attached hydrogens (tertiary/aromatic N) is 1. The van der Waals surface area contributed by atoms with Gasteiger partial charge in [0.25, 0.3) is 0 Å². The molecule has 1 aromatic rings. The van der Waals surface area contributed by atoms with Crippen LogP contribution in [0.2, 0.25) is 0 Å². The van der Waals surface area contributed by atoms with Gasteiger partial charge in [-0.25, -0.2) is 4.79 Å². The first kappa shape index (κ1) is 14.2. The smallest absolute Gasteiger partial charge is 0.440 e. The van der Waals surface area contributed by atoms with Gasteiger partial charge in [-0.3, -0.25) is 4.99 Å². The maximum atomic E-state index is 12.6. The van der Waals surface area contributed by atoms with Crippen molar-refractivity contribution >= 4 is 11.7 Å². The summed E-state index contributed by atoms with van der Waals surface area (Å²) in [5.74, 6) is -1.48. The first-order valence-corrected chi connectivity index (χ1v) is 5.14. The first-order valence-electron chi connectivity index (χ1n) is 5.14. The van der Waals surface area contributed by atoms with E-state index in [4.69, 9.17) is 0 Å². The normalized spacial score (nSPS) is 14.2. The average Bonchev–Trinajstić information content (AvgIpc) is 2.34. The fraction of sp³-hybridized carbons (Fsp3) is 0.333. The summed E-state index contributed by atoms with van der Waals surface area (Å²) < 4.78 is 41.9. The standard InChI is InChI=1S/C12H12F3NO2/c1-8(9-6-4-3-5-7-9)16-10(11(17)18-2)12(13,14)15/h3-8H,1-2H3/t8-/m0/s1. The monoisotopic (exact) mass is 259 g/mol. The van der Waals surface area contributed by atoms with Gasteiger partial charge in [0.1, 0.15) is 0 Å². The molecule has 0 fully saturated rings. The highest BCUT2D eigenvalue weighted by atomic mass is 19.4. The second kappa shape index (κ2) is 5.66. The van der Waals surface area contributed by atoms with Gasteiger partial charge in [0.05, 0.1) is 13.2 Å². The van der Waals surface area contributed by atoms with Gasteiger partial charge in [-0.15, -0.1) is 0 Å². The van der Waals surface area contributed by atoms with Gasteiger partial charge in [-0.1, -0.05) is 30.3 Å². The van der Waals surface area contributed by atoms with Crippen LogP contribution in [0.25, 0.3) is 0 Å². The Bertz CT molecular complexity index is 440. The molecule has 1 atom stereocenters. The van der Waals surface area contributed by atoms with Crippen LogP contribution < -0.4 is 0 Å². The number of ether oxygens (including phenoxy) is 1. The topological polar surface area (TPSA) is 38.7 Å². The van der Waals surface area contributed by atoms with Crippen molar-refractivity contribution in [1.82, 2.24) is 0 Å². The summed E-state index contributed by atoms with van der Waals surface area (Å²) >= 11 is 0. The Balaban J connectivity index is 3.06. The number of aliphatic imine (C=N–C) groups is 1. The fourth-order valence-corrected chi connectivity index (χ4v) is 1.34. The van der Waals surface area contributed by atoms with Gasteiger partial charge in [-0.2, -0.15) is 13.2 Å². The second-order valence-corrected chi connectivity index (χ2v) is 3.55. The lowest BCUT2D eigenvalue weighted by Crippen LogP contribution is -2.32. The second-order valence-electron chi connectivity index (χ2n) is 3.55. The Morgan fingerprint density at radius 2 is 1.83 bits per heavy atom. The molecule has 0 heterocycles. The molecule has 1 aromatic carbocycles. The van der Waals surface area contributed by atoms with Crippen LogP contribution in [0.4, 0.5) is 13.2 Å². The van der Waals surface area contributed by atoms with Crippen molar-refractivity contribution in [2.75, 3.05) is 7.11 Å². The average molecular weight is 259 g/mol. The summed E-state index contributed by atoms with van der Waals surface area (Å²) in [6.07, 6.45) is -4.82. The molecule has 0 aliphatic rings. The van der Waals surface area contributed by atoms with Crippen LogP contribution in [0, 0.1) is 0 Å². The van der Waals surface area contributed by atoms with E-state index in [0.717, 1.165) is 7.11 Å². The van der Waals surface area contributed by atoms with Crippen LogP contribution in [0.15, 0.2) is 35.3 Å². The maximum absolute atomic E-state index is 12.6. The summed E-state index contributed by atoms with van der Waals surface area (Å²) in [4.78, 5) is 14.5. The minimum absolute atomic E-state index is 0.586. The minimum atomic E-state index is -4.82. The van der Waals surface area contributed by atoms with Gasteiger partial charge in [0.2, 0.25) is 5.71 Å². The number of hydrogen-bond donors (Lipinski definition) is 0. The summed E-state index contributed by atoms with van der Waals surface area (Å²) in [7, 11) is 0.886. The molecule has 0 saturated carbocycles. The molecule has 18 heavy (non-hydrogen) atoms. The Labute approximate surface area is 102 Å². The van der Waals surface area contributed by atoms with E-state index >= 15 is 0 Å². The van der Waals surface area contributed by atoms with Crippen molar-refractivity contribution in [3.05, 3.63) is 35.9 Å². The molecule has 0 bridgehead atoms.